The molecule has 0 spiro atoms. The van der Waals surface area contributed by atoms with Crippen molar-refractivity contribution in [1.29, 1.82) is 0 Å². The molecule has 7 nitrogen and oxygen atoms in total. The topological polar surface area (TPSA) is 75.2 Å². The van der Waals surface area contributed by atoms with Crippen LogP contribution >= 0.6 is 12.2 Å². The Balaban J connectivity index is 1.54. The number of hydrogen-bond acceptors (Lipinski definition) is 5. The Hall–Kier alpha value is -2.19. The van der Waals surface area contributed by atoms with Gasteiger partial charge in [-0.15, -0.1) is 0 Å². The van der Waals surface area contributed by atoms with E-state index in [1.54, 1.807) is 0 Å². The van der Waals surface area contributed by atoms with Crippen LogP contribution in [0.5, 0.6) is 5.75 Å². The summed E-state index contributed by atoms with van der Waals surface area (Å²) in [7, 11) is 0. The number of carbonyl (C=O) groups excluding carboxylic acids is 1. The molecule has 2 N–H and O–H groups in total. The molecule has 1 unspecified atom stereocenters. The first-order valence-corrected chi connectivity index (χ1v) is 11.3. The minimum absolute atomic E-state index is 0.0532. The number of rotatable bonds is 9. The highest BCUT2D eigenvalue weighted by Gasteiger charge is 2.22. The largest absolute Gasteiger partial charge is 0.494 e. The highest BCUT2D eigenvalue weighted by atomic mass is 32.1. The Bertz CT molecular complexity index is 874. The SMILES string of the molecule is CCOc1ccc(-c2n[nH]c(=S)n2CCC(=O)NCC2CCCN(C(C)C)C2)cc1. The average Bonchev–Trinajstić information content (AvgIpc) is 3.12. The van der Waals surface area contributed by atoms with Crippen LogP contribution in [-0.4, -0.2) is 57.9 Å². The van der Waals surface area contributed by atoms with Gasteiger partial charge in [-0.1, -0.05) is 0 Å². The van der Waals surface area contributed by atoms with E-state index in [-0.39, 0.29) is 5.91 Å². The van der Waals surface area contributed by atoms with E-state index < -0.39 is 0 Å². The van der Waals surface area contributed by atoms with Crippen LogP contribution in [-0.2, 0) is 11.3 Å². The molecule has 1 atom stereocenters. The van der Waals surface area contributed by atoms with Crippen molar-refractivity contribution in [3.05, 3.63) is 29.0 Å². The maximum atomic E-state index is 12.5. The van der Waals surface area contributed by atoms with Gasteiger partial charge >= 0.3 is 0 Å². The summed E-state index contributed by atoms with van der Waals surface area (Å²) in [5.41, 5.74) is 0.933. The minimum atomic E-state index is 0.0532. The van der Waals surface area contributed by atoms with E-state index in [9.17, 15) is 4.79 Å². The first-order valence-electron chi connectivity index (χ1n) is 10.9. The molecule has 8 heteroatoms. The summed E-state index contributed by atoms with van der Waals surface area (Å²) in [5, 5.41) is 10.3. The maximum absolute atomic E-state index is 12.5. The van der Waals surface area contributed by atoms with E-state index in [1.165, 1.54) is 12.8 Å². The Morgan fingerprint density at radius 2 is 2.13 bits per heavy atom. The van der Waals surface area contributed by atoms with Gasteiger partial charge in [-0.25, -0.2) is 0 Å². The number of nitrogens with one attached hydrogen (secondary N) is 2. The number of H-pyrrole nitrogens is 1. The van der Waals surface area contributed by atoms with E-state index in [2.05, 4.69) is 34.3 Å². The number of hydrogen-bond donors (Lipinski definition) is 2. The average molecular weight is 432 g/mol. The van der Waals surface area contributed by atoms with Crippen molar-refractivity contribution >= 4 is 18.1 Å². The van der Waals surface area contributed by atoms with Crippen molar-refractivity contribution < 1.29 is 9.53 Å². The minimum Gasteiger partial charge on any atom is -0.494 e. The Kier molecular flexibility index (Phi) is 8.04. The number of amides is 1. The normalized spacial score (nSPS) is 17.3. The molecule has 2 aromatic rings. The number of carbonyl (C=O) groups is 1. The van der Waals surface area contributed by atoms with Crippen LogP contribution in [0.15, 0.2) is 24.3 Å². The smallest absolute Gasteiger partial charge is 0.221 e. The molecule has 1 aromatic carbocycles. The van der Waals surface area contributed by atoms with Gasteiger partial charge in [0.05, 0.1) is 6.61 Å². The van der Waals surface area contributed by atoms with Crippen LogP contribution in [0.3, 0.4) is 0 Å². The summed E-state index contributed by atoms with van der Waals surface area (Å²) in [6.07, 6.45) is 2.75. The second-order valence-corrected chi connectivity index (χ2v) is 8.50. The van der Waals surface area contributed by atoms with Gasteiger partial charge in [-0.05, 0) is 82.6 Å². The van der Waals surface area contributed by atoms with Gasteiger partial charge in [0.1, 0.15) is 5.75 Å². The van der Waals surface area contributed by atoms with Crippen molar-refractivity contribution in [2.24, 2.45) is 5.92 Å². The maximum Gasteiger partial charge on any atom is 0.221 e. The van der Waals surface area contributed by atoms with Gasteiger partial charge in [0.25, 0.3) is 0 Å². The lowest BCUT2D eigenvalue weighted by Crippen LogP contribution is -2.43. The van der Waals surface area contributed by atoms with E-state index in [4.69, 9.17) is 17.0 Å². The number of aromatic amines is 1. The molecule has 1 saturated heterocycles. The number of nitrogens with zero attached hydrogens (tertiary/aromatic N) is 3. The number of aromatic nitrogens is 3. The lowest BCUT2D eigenvalue weighted by Gasteiger charge is -2.35. The molecular formula is C22H33N5O2S. The van der Waals surface area contributed by atoms with Crippen LogP contribution < -0.4 is 10.1 Å². The predicted molar refractivity (Wildman–Crippen MR) is 121 cm³/mol. The van der Waals surface area contributed by atoms with E-state index >= 15 is 0 Å². The second kappa shape index (κ2) is 10.7. The van der Waals surface area contributed by atoms with Gasteiger partial charge in [-0.3, -0.25) is 14.5 Å². The van der Waals surface area contributed by atoms with Gasteiger partial charge in [-0.2, -0.15) is 5.10 Å². The summed E-state index contributed by atoms with van der Waals surface area (Å²) >= 11 is 5.38. The third-order valence-electron chi connectivity index (χ3n) is 5.61. The molecule has 1 fully saturated rings. The molecule has 2 heterocycles. The quantitative estimate of drug-likeness (QED) is 0.593. The molecule has 0 radical (unpaired) electrons. The molecule has 3 rings (SSSR count). The van der Waals surface area contributed by atoms with Crippen molar-refractivity contribution in [1.82, 2.24) is 25.0 Å². The number of piperidine rings is 1. The van der Waals surface area contributed by atoms with Crippen LogP contribution in [0, 0.1) is 10.7 Å². The molecule has 1 aliphatic rings. The highest BCUT2D eigenvalue weighted by molar-refractivity contribution is 7.71. The van der Waals surface area contributed by atoms with Crippen LogP contribution in [0.4, 0.5) is 0 Å². The van der Waals surface area contributed by atoms with Crippen molar-refractivity contribution in [3.8, 4) is 17.1 Å². The highest BCUT2D eigenvalue weighted by Crippen LogP contribution is 2.21. The van der Waals surface area contributed by atoms with Crippen LogP contribution in [0.1, 0.15) is 40.0 Å². The van der Waals surface area contributed by atoms with Crippen molar-refractivity contribution in [2.45, 2.75) is 52.6 Å². The molecule has 1 amide bonds. The van der Waals surface area contributed by atoms with Crippen LogP contribution in [0.25, 0.3) is 11.4 Å². The molecule has 30 heavy (non-hydrogen) atoms. The molecule has 1 aliphatic heterocycles. The van der Waals surface area contributed by atoms with Crippen molar-refractivity contribution in [3.63, 3.8) is 0 Å². The fraction of sp³-hybridized carbons (Fsp3) is 0.591. The molecule has 0 aliphatic carbocycles. The van der Waals surface area contributed by atoms with E-state index in [0.717, 1.165) is 36.8 Å². The Labute approximate surface area is 183 Å². The fourth-order valence-electron chi connectivity index (χ4n) is 3.91. The third kappa shape index (κ3) is 5.92. The first-order chi connectivity index (χ1) is 14.5. The van der Waals surface area contributed by atoms with Crippen LogP contribution in [0.2, 0.25) is 0 Å². The molecule has 0 saturated carbocycles. The predicted octanol–water partition coefficient (Wildman–Crippen LogP) is 3.63. The zero-order valence-corrected chi connectivity index (χ0v) is 19.0. The summed E-state index contributed by atoms with van der Waals surface area (Å²) in [5.74, 6) is 2.13. The molecular weight excluding hydrogens is 398 g/mol. The second-order valence-electron chi connectivity index (χ2n) is 8.11. The number of benzene rings is 1. The van der Waals surface area contributed by atoms with Gasteiger partial charge in [0, 0.05) is 37.7 Å². The van der Waals surface area contributed by atoms with E-state index in [0.29, 0.717) is 36.3 Å². The summed E-state index contributed by atoms with van der Waals surface area (Å²) in [6, 6.07) is 8.30. The summed E-state index contributed by atoms with van der Waals surface area (Å²) < 4.78 is 7.90. The zero-order valence-electron chi connectivity index (χ0n) is 18.2. The van der Waals surface area contributed by atoms with Crippen molar-refractivity contribution in [2.75, 3.05) is 26.2 Å². The number of likely N-dealkylation sites (tertiary alicyclic amines) is 1. The van der Waals surface area contributed by atoms with Gasteiger partial charge in [0.2, 0.25) is 5.91 Å². The lowest BCUT2D eigenvalue weighted by atomic mass is 9.97. The Morgan fingerprint density at radius 1 is 1.37 bits per heavy atom. The van der Waals surface area contributed by atoms with Gasteiger partial charge < -0.3 is 15.0 Å². The molecule has 164 valence electrons. The summed E-state index contributed by atoms with van der Waals surface area (Å²) in [4.78, 5) is 14.9. The first kappa shape index (κ1) is 22.5. The zero-order chi connectivity index (χ0) is 21.5. The molecule has 0 bridgehead atoms. The summed E-state index contributed by atoms with van der Waals surface area (Å²) in [6.45, 7) is 10.5. The molecule has 1 aromatic heterocycles. The third-order valence-corrected chi connectivity index (χ3v) is 5.92. The van der Waals surface area contributed by atoms with Gasteiger partial charge in [0.15, 0.2) is 10.6 Å². The Morgan fingerprint density at radius 3 is 2.83 bits per heavy atom. The van der Waals surface area contributed by atoms with E-state index in [1.807, 2.05) is 35.8 Å². The fourth-order valence-corrected chi connectivity index (χ4v) is 4.13. The standard InChI is InChI=1S/C22H33N5O2S/c1-4-29-19-9-7-18(8-10-19)21-24-25-22(30)27(21)13-11-20(28)23-14-17-6-5-12-26(15-17)16(2)3/h7-10,16-17H,4-6,11-15H2,1-3H3,(H,23,28)(H,25,30). The monoisotopic (exact) mass is 431 g/mol. The lowest BCUT2D eigenvalue weighted by molar-refractivity contribution is -0.121. The number of ether oxygens (including phenoxy) is 1.